The van der Waals surface area contributed by atoms with Gasteiger partial charge in [-0.15, -0.1) is 0 Å². The predicted molar refractivity (Wildman–Crippen MR) is 49.9 cm³/mol. The normalized spacial score (nSPS) is 30.9. The van der Waals surface area contributed by atoms with E-state index < -0.39 is 5.60 Å². The van der Waals surface area contributed by atoms with Gasteiger partial charge in [-0.2, -0.15) is 0 Å². The van der Waals surface area contributed by atoms with E-state index >= 15 is 0 Å². The Balaban J connectivity index is 1.95. The third kappa shape index (κ3) is 1.83. The molecule has 0 saturated heterocycles. The van der Waals surface area contributed by atoms with Crippen LogP contribution < -0.4 is 0 Å². The Hall–Kier alpha value is -0.630. The molecule has 0 heterocycles. The summed E-state index contributed by atoms with van der Waals surface area (Å²) in [7, 11) is 0. The zero-order valence-corrected chi connectivity index (χ0v) is 7.67. The van der Waals surface area contributed by atoms with Crippen molar-refractivity contribution in [1.82, 2.24) is 0 Å². The number of halogens is 1. The molecule has 1 N–H and O–H groups in total. The maximum atomic E-state index is 13.2. The van der Waals surface area contributed by atoms with Gasteiger partial charge in [0.15, 0.2) is 0 Å². The van der Waals surface area contributed by atoms with Gasteiger partial charge in [0.2, 0.25) is 0 Å². The van der Waals surface area contributed by atoms with Crippen molar-refractivity contribution in [3.63, 3.8) is 0 Å². The number of hydrogen-bond acceptors (Lipinski definition) is 1. The van der Waals surface area contributed by atoms with Crippen LogP contribution in [-0.2, 0) is 0 Å². The van der Waals surface area contributed by atoms with Gasteiger partial charge in [0.1, 0.15) is 5.83 Å². The summed E-state index contributed by atoms with van der Waals surface area (Å²) < 4.78 is 13.2. The van der Waals surface area contributed by atoms with Gasteiger partial charge in [0, 0.05) is 5.92 Å². The van der Waals surface area contributed by atoms with Crippen LogP contribution in [-0.4, -0.2) is 10.7 Å². The highest BCUT2D eigenvalue weighted by molar-refractivity contribution is 5.16. The molecule has 1 unspecified atom stereocenters. The summed E-state index contributed by atoms with van der Waals surface area (Å²) in [6.07, 6.45) is 9.35. The minimum atomic E-state index is -0.555. The first-order valence-electron chi connectivity index (χ1n) is 4.94. The lowest BCUT2D eigenvalue weighted by Crippen LogP contribution is -2.38. The molecule has 0 spiro atoms. The predicted octanol–water partition coefficient (Wildman–Crippen LogP) is 2.72. The molecule has 0 aliphatic heterocycles. The Morgan fingerprint density at radius 1 is 1.54 bits per heavy atom. The second kappa shape index (κ2) is 3.26. The highest BCUT2D eigenvalue weighted by Gasteiger charge is 2.37. The average molecular weight is 182 g/mol. The summed E-state index contributed by atoms with van der Waals surface area (Å²) >= 11 is 0. The Morgan fingerprint density at radius 3 is 2.85 bits per heavy atom. The van der Waals surface area contributed by atoms with Gasteiger partial charge in [-0.1, -0.05) is 12.2 Å². The largest absolute Gasteiger partial charge is 0.390 e. The number of rotatable bonds is 2. The first-order valence-corrected chi connectivity index (χ1v) is 4.94. The van der Waals surface area contributed by atoms with E-state index in [0.717, 1.165) is 25.7 Å². The zero-order valence-electron chi connectivity index (χ0n) is 7.67. The van der Waals surface area contributed by atoms with Crippen LogP contribution >= 0.6 is 0 Å². The van der Waals surface area contributed by atoms with Crippen LogP contribution in [0.5, 0.6) is 0 Å². The van der Waals surface area contributed by atoms with Crippen LogP contribution in [0.1, 0.15) is 32.1 Å². The quantitative estimate of drug-likeness (QED) is 0.696. The molecule has 0 radical (unpaired) electrons. The smallest absolute Gasteiger partial charge is 0.103 e. The molecule has 0 amide bonds. The molecule has 2 aliphatic rings. The maximum absolute atomic E-state index is 13.2. The summed E-state index contributed by atoms with van der Waals surface area (Å²) in [5.41, 5.74) is -0.555. The highest BCUT2D eigenvalue weighted by Crippen LogP contribution is 2.40. The topological polar surface area (TPSA) is 20.2 Å². The lowest BCUT2D eigenvalue weighted by Gasteiger charge is -2.39. The fourth-order valence-electron chi connectivity index (χ4n) is 2.08. The molecule has 2 aliphatic carbocycles. The van der Waals surface area contributed by atoms with Crippen molar-refractivity contribution in [1.29, 1.82) is 0 Å². The number of hydrogen-bond donors (Lipinski definition) is 1. The van der Waals surface area contributed by atoms with Crippen molar-refractivity contribution in [3.8, 4) is 0 Å². The standard InChI is InChI=1S/C11H15FO/c12-10-5-2-1-4-9(10)8-11(13)6-3-7-11/h1-2,5,9,13H,3-4,6-8H2. The maximum Gasteiger partial charge on any atom is 0.103 e. The van der Waals surface area contributed by atoms with Gasteiger partial charge in [-0.25, -0.2) is 4.39 Å². The molecule has 1 saturated carbocycles. The molecule has 1 fully saturated rings. The van der Waals surface area contributed by atoms with Crippen molar-refractivity contribution >= 4 is 0 Å². The molecule has 0 aromatic rings. The third-order valence-electron chi connectivity index (χ3n) is 3.11. The Morgan fingerprint density at radius 2 is 2.31 bits per heavy atom. The van der Waals surface area contributed by atoms with Gasteiger partial charge < -0.3 is 5.11 Å². The molecule has 0 aromatic heterocycles. The van der Waals surface area contributed by atoms with Crippen molar-refractivity contribution in [2.45, 2.75) is 37.7 Å². The van der Waals surface area contributed by atoms with E-state index in [1.54, 1.807) is 6.08 Å². The lowest BCUT2D eigenvalue weighted by molar-refractivity contribution is -0.0509. The van der Waals surface area contributed by atoms with E-state index in [1.165, 1.54) is 6.08 Å². The van der Waals surface area contributed by atoms with Crippen molar-refractivity contribution in [2.24, 2.45) is 5.92 Å². The van der Waals surface area contributed by atoms with Crippen LogP contribution in [0.25, 0.3) is 0 Å². The minimum Gasteiger partial charge on any atom is -0.390 e. The van der Waals surface area contributed by atoms with Gasteiger partial charge in [-0.05, 0) is 38.2 Å². The van der Waals surface area contributed by atoms with E-state index in [4.69, 9.17) is 0 Å². The fourth-order valence-corrected chi connectivity index (χ4v) is 2.08. The van der Waals surface area contributed by atoms with Crippen LogP contribution in [0.2, 0.25) is 0 Å². The first-order chi connectivity index (χ1) is 6.20. The average Bonchev–Trinajstić information content (AvgIpc) is 2.06. The molecule has 2 rings (SSSR count). The monoisotopic (exact) mass is 182 g/mol. The van der Waals surface area contributed by atoms with Crippen LogP contribution in [0.15, 0.2) is 24.1 Å². The Bertz CT molecular complexity index is 251. The number of aliphatic hydroxyl groups is 1. The summed E-state index contributed by atoms with van der Waals surface area (Å²) in [5.74, 6) is -0.141. The molecule has 0 aromatic carbocycles. The minimum absolute atomic E-state index is 0.0668. The van der Waals surface area contributed by atoms with Crippen molar-refractivity contribution in [3.05, 3.63) is 24.1 Å². The SMILES string of the molecule is OC1(CC2CC=CC=C2F)CCC1. The van der Waals surface area contributed by atoms with E-state index in [1.807, 2.05) is 6.08 Å². The van der Waals surface area contributed by atoms with E-state index in [-0.39, 0.29) is 11.7 Å². The van der Waals surface area contributed by atoms with Crippen LogP contribution in [0.4, 0.5) is 4.39 Å². The Labute approximate surface area is 78.0 Å². The fraction of sp³-hybridized carbons (Fsp3) is 0.636. The van der Waals surface area contributed by atoms with Gasteiger partial charge in [-0.3, -0.25) is 0 Å². The van der Waals surface area contributed by atoms with Crippen LogP contribution in [0.3, 0.4) is 0 Å². The van der Waals surface area contributed by atoms with E-state index in [2.05, 4.69) is 0 Å². The molecular formula is C11H15FO. The molecule has 1 atom stereocenters. The van der Waals surface area contributed by atoms with Crippen molar-refractivity contribution in [2.75, 3.05) is 0 Å². The molecule has 13 heavy (non-hydrogen) atoms. The van der Waals surface area contributed by atoms with Gasteiger partial charge in [0.05, 0.1) is 5.60 Å². The molecule has 72 valence electrons. The summed E-state index contributed by atoms with van der Waals surface area (Å²) in [6, 6.07) is 0. The molecule has 1 nitrogen and oxygen atoms in total. The van der Waals surface area contributed by atoms with E-state index in [0.29, 0.717) is 6.42 Å². The molecule has 0 bridgehead atoms. The third-order valence-corrected chi connectivity index (χ3v) is 3.11. The molecule has 2 heteroatoms. The zero-order chi connectivity index (χ0) is 9.31. The van der Waals surface area contributed by atoms with Crippen molar-refractivity contribution < 1.29 is 9.50 Å². The van der Waals surface area contributed by atoms with Crippen LogP contribution in [0, 0.1) is 5.92 Å². The second-order valence-electron chi connectivity index (χ2n) is 4.19. The van der Waals surface area contributed by atoms with E-state index in [9.17, 15) is 9.50 Å². The number of allylic oxidation sites excluding steroid dienone is 4. The first kappa shape index (κ1) is 8.95. The Kier molecular flexibility index (Phi) is 2.24. The summed E-state index contributed by atoms with van der Waals surface area (Å²) in [6.45, 7) is 0. The van der Waals surface area contributed by atoms with Gasteiger partial charge in [0.25, 0.3) is 0 Å². The van der Waals surface area contributed by atoms with Gasteiger partial charge >= 0.3 is 0 Å². The summed E-state index contributed by atoms with van der Waals surface area (Å²) in [4.78, 5) is 0. The highest BCUT2D eigenvalue weighted by atomic mass is 19.1. The summed E-state index contributed by atoms with van der Waals surface area (Å²) in [5, 5.41) is 9.86. The molecular weight excluding hydrogens is 167 g/mol. The lowest BCUT2D eigenvalue weighted by atomic mass is 9.73. The second-order valence-corrected chi connectivity index (χ2v) is 4.19.